The van der Waals surface area contributed by atoms with Crippen molar-refractivity contribution in [2.24, 2.45) is 0 Å². The molecule has 0 aliphatic carbocycles. The molecule has 0 atom stereocenters. The third-order valence-electron chi connectivity index (χ3n) is 3.59. The summed E-state index contributed by atoms with van der Waals surface area (Å²) in [7, 11) is 0. The molecule has 24 heavy (non-hydrogen) atoms. The zero-order valence-electron chi connectivity index (χ0n) is 13.2. The average Bonchev–Trinajstić information content (AvgIpc) is 2.58. The first-order valence-corrected chi connectivity index (χ1v) is 8.41. The van der Waals surface area contributed by atoms with Gasteiger partial charge in [-0.25, -0.2) is 0 Å². The molecule has 0 spiro atoms. The van der Waals surface area contributed by atoms with Crippen molar-refractivity contribution in [2.45, 2.75) is 6.92 Å². The maximum atomic E-state index is 12.5. The van der Waals surface area contributed by atoms with E-state index in [0.29, 0.717) is 5.56 Å². The fraction of sp³-hybridized carbons (Fsp3) is 0.0500. The molecule has 3 aromatic rings. The van der Waals surface area contributed by atoms with Crippen LogP contribution in [0.4, 0.5) is 17.1 Å². The summed E-state index contributed by atoms with van der Waals surface area (Å²) >= 11 is 3.39. The van der Waals surface area contributed by atoms with Gasteiger partial charge in [0, 0.05) is 15.7 Å². The number of anilines is 3. The Kier molecular flexibility index (Phi) is 4.96. The highest BCUT2D eigenvalue weighted by Crippen LogP contribution is 2.26. The highest BCUT2D eigenvalue weighted by Gasteiger charge is 2.09. The second-order valence-corrected chi connectivity index (χ2v) is 6.42. The molecule has 3 aromatic carbocycles. The fourth-order valence-electron chi connectivity index (χ4n) is 2.32. The van der Waals surface area contributed by atoms with Crippen LogP contribution >= 0.6 is 15.9 Å². The van der Waals surface area contributed by atoms with E-state index >= 15 is 0 Å². The van der Waals surface area contributed by atoms with E-state index in [2.05, 4.69) is 33.5 Å². The van der Waals surface area contributed by atoms with Crippen LogP contribution in [0.1, 0.15) is 15.9 Å². The number of hydrogen-bond donors (Lipinski definition) is 2. The van der Waals surface area contributed by atoms with Crippen LogP contribution in [0.2, 0.25) is 0 Å². The summed E-state index contributed by atoms with van der Waals surface area (Å²) in [6.07, 6.45) is 0. The molecule has 3 rings (SSSR count). The van der Waals surface area contributed by atoms with Crippen molar-refractivity contribution < 1.29 is 4.79 Å². The first kappa shape index (κ1) is 16.3. The molecule has 0 saturated heterocycles. The van der Waals surface area contributed by atoms with Crippen molar-refractivity contribution >= 4 is 38.9 Å². The van der Waals surface area contributed by atoms with Crippen LogP contribution in [0.15, 0.2) is 77.3 Å². The number of nitrogens with one attached hydrogen (secondary N) is 2. The Balaban J connectivity index is 1.81. The van der Waals surface area contributed by atoms with Gasteiger partial charge in [-0.15, -0.1) is 0 Å². The van der Waals surface area contributed by atoms with Gasteiger partial charge in [-0.05, 0) is 49.4 Å². The van der Waals surface area contributed by atoms with Gasteiger partial charge in [0.05, 0.1) is 11.4 Å². The Morgan fingerprint density at radius 3 is 2.29 bits per heavy atom. The number of amides is 1. The molecule has 0 unspecified atom stereocenters. The molecule has 0 aliphatic heterocycles. The van der Waals surface area contributed by atoms with Crippen LogP contribution in [0, 0.1) is 6.92 Å². The maximum Gasteiger partial charge on any atom is 0.255 e. The van der Waals surface area contributed by atoms with Crippen LogP contribution in [0.3, 0.4) is 0 Å². The van der Waals surface area contributed by atoms with Crippen molar-refractivity contribution in [3.63, 3.8) is 0 Å². The van der Waals surface area contributed by atoms with E-state index in [4.69, 9.17) is 0 Å². The lowest BCUT2D eigenvalue weighted by atomic mass is 10.2. The molecule has 4 heteroatoms. The van der Waals surface area contributed by atoms with Crippen LogP contribution < -0.4 is 10.6 Å². The molecule has 0 aromatic heterocycles. The molecule has 2 N–H and O–H groups in total. The minimum atomic E-state index is -0.144. The monoisotopic (exact) mass is 380 g/mol. The van der Waals surface area contributed by atoms with Gasteiger partial charge in [0.15, 0.2) is 0 Å². The Morgan fingerprint density at radius 1 is 0.875 bits per heavy atom. The molecule has 0 radical (unpaired) electrons. The number of benzene rings is 3. The number of hydrogen-bond acceptors (Lipinski definition) is 2. The van der Waals surface area contributed by atoms with Gasteiger partial charge in [-0.3, -0.25) is 4.79 Å². The number of carbonyl (C=O) groups excluding carboxylic acids is 1. The summed E-state index contributed by atoms with van der Waals surface area (Å²) in [5.74, 6) is -0.144. The second-order valence-electron chi connectivity index (χ2n) is 5.50. The standard InChI is InChI=1S/C20H17BrN2O/c1-14-9-11-17(12-10-14)22-18-7-2-3-8-19(18)23-20(24)15-5-4-6-16(21)13-15/h2-13,22H,1H3,(H,23,24). The smallest absolute Gasteiger partial charge is 0.255 e. The lowest BCUT2D eigenvalue weighted by molar-refractivity contribution is 0.102. The van der Waals surface area contributed by atoms with E-state index in [1.807, 2.05) is 60.7 Å². The van der Waals surface area contributed by atoms with E-state index in [1.54, 1.807) is 12.1 Å². The summed E-state index contributed by atoms with van der Waals surface area (Å²) < 4.78 is 0.876. The van der Waals surface area contributed by atoms with Crippen molar-refractivity contribution in [3.8, 4) is 0 Å². The highest BCUT2D eigenvalue weighted by molar-refractivity contribution is 9.10. The minimum absolute atomic E-state index is 0.144. The topological polar surface area (TPSA) is 41.1 Å². The number of aryl methyl sites for hydroxylation is 1. The molecule has 1 amide bonds. The second kappa shape index (κ2) is 7.32. The molecule has 0 heterocycles. The Morgan fingerprint density at radius 2 is 1.58 bits per heavy atom. The lowest BCUT2D eigenvalue weighted by Gasteiger charge is -2.13. The summed E-state index contributed by atoms with van der Waals surface area (Å²) in [5.41, 5.74) is 4.38. The predicted molar refractivity (Wildman–Crippen MR) is 103 cm³/mol. The Bertz CT molecular complexity index is 860. The molecule has 0 bridgehead atoms. The molecule has 3 nitrogen and oxygen atoms in total. The normalized spacial score (nSPS) is 10.2. The van der Waals surface area contributed by atoms with Crippen molar-refractivity contribution in [1.29, 1.82) is 0 Å². The maximum absolute atomic E-state index is 12.5. The lowest BCUT2D eigenvalue weighted by Crippen LogP contribution is -2.13. The third-order valence-corrected chi connectivity index (χ3v) is 4.09. The number of carbonyl (C=O) groups is 1. The van der Waals surface area contributed by atoms with Crippen LogP contribution in [-0.4, -0.2) is 5.91 Å². The van der Waals surface area contributed by atoms with E-state index < -0.39 is 0 Å². The zero-order valence-corrected chi connectivity index (χ0v) is 14.8. The Labute approximate surface area is 149 Å². The Hall–Kier alpha value is -2.59. The summed E-state index contributed by atoms with van der Waals surface area (Å²) in [6, 6.07) is 23.1. The van der Waals surface area contributed by atoms with Gasteiger partial charge < -0.3 is 10.6 Å². The summed E-state index contributed by atoms with van der Waals surface area (Å²) in [6.45, 7) is 2.05. The highest BCUT2D eigenvalue weighted by atomic mass is 79.9. The average molecular weight is 381 g/mol. The van der Waals surface area contributed by atoms with E-state index in [0.717, 1.165) is 21.5 Å². The van der Waals surface area contributed by atoms with E-state index in [1.165, 1.54) is 5.56 Å². The predicted octanol–water partition coefficient (Wildman–Crippen LogP) is 5.75. The van der Waals surface area contributed by atoms with Crippen molar-refractivity contribution in [1.82, 2.24) is 0 Å². The van der Waals surface area contributed by atoms with Gasteiger partial charge in [0.25, 0.3) is 5.91 Å². The molecule has 0 saturated carbocycles. The van der Waals surface area contributed by atoms with Crippen molar-refractivity contribution in [2.75, 3.05) is 10.6 Å². The largest absolute Gasteiger partial charge is 0.354 e. The summed E-state index contributed by atoms with van der Waals surface area (Å²) in [5, 5.41) is 6.31. The van der Waals surface area contributed by atoms with Gasteiger partial charge >= 0.3 is 0 Å². The third kappa shape index (κ3) is 4.03. The van der Waals surface area contributed by atoms with E-state index in [-0.39, 0.29) is 5.91 Å². The first-order valence-electron chi connectivity index (χ1n) is 7.61. The van der Waals surface area contributed by atoms with E-state index in [9.17, 15) is 4.79 Å². The molecule has 0 aliphatic rings. The SMILES string of the molecule is Cc1ccc(Nc2ccccc2NC(=O)c2cccc(Br)c2)cc1. The van der Waals surface area contributed by atoms with Gasteiger partial charge in [-0.2, -0.15) is 0 Å². The van der Waals surface area contributed by atoms with Crippen LogP contribution in [0.5, 0.6) is 0 Å². The molecule has 120 valence electrons. The first-order chi connectivity index (χ1) is 11.6. The van der Waals surface area contributed by atoms with Gasteiger partial charge in [0.1, 0.15) is 0 Å². The zero-order chi connectivity index (χ0) is 16.9. The number of rotatable bonds is 4. The molecular formula is C20H17BrN2O. The van der Waals surface area contributed by atoms with Gasteiger partial charge in [-0.1, -0.05) is 51.8 Å². The quantitative estimate of drug-likeness (QED) is 0.604. The molecule has 0 fully saturated rings. The minimum Gasteiger partial charge on any atom is -0.354 e. The molecular weight excluding hydrogens is 364 g/mol. The van der Waals surface area contributed by atoms with Crippen LogP contribution in [0.25, 0.3) is 0 Å². The number of halogens is 1. The van der Waals surface area contributed by atoms with Crippen molar-refractivity contribution in [3.05, 3.63) is 88.4 Å². The fourth-order valence-corrected chi connectivity index (χ4v) is 2.72. The van der Waals surface area contributed by atoms with Gasteiger partial charge in [0.2, 0.25) is 0 Å². The number of para-hydroxylation sites is 2. The van der Waals surface area contributed by atoms with Crippen LogP contribution in [-0.2, 0) is 0 Å². The summed E-state index contributed by atoms with van der Waals surface area (Å²) in [4.78, 5) is 12.5.